The Morgan fingerprint density at radius 2 is 2.00 bits per heavy atom. The number of halogens is 2. The van der Waals surface area contributed by atoms with Gasteiger partial charge in [0.05, 0.1) is 18.1 Å². The van der Waals surface area contributed by atoms with Gasteiger partial charge in [0.25, 0.3) is 0 Å². The van der Waals surface area contributed by atoms with Gasteiger partial charge in [-0.05, 0) is 30.7 Å². The van der Waals surface area contributed by atoms with Gasteiger partial charge in [-0.2, -0.15) is 0 Å². The third-order valence-electron chi connectivity index (χ3n) is 2.90. The summed E-state index contributed by atoms with van der Waals surface area (Å²) in [7, 11) is 0. The Hall–Kier alpha value is -2.74. The summed E-state index contributed by atoms with van der Waals surface area (Å²) in [6, 6.07) is 4.25. The van der Waals surface area contributed by atoms with Gasteiger partial charge in [0.15, 0.2) is 0 Å². The average molecular weight is 354 g/mol. The quantitative estimate of drug-likeness (QED) is 0.492. The number of esters is 1. The van der Waals surface area contributed by atoms with Crippen LogP contribution in [0.2, 0.25) is 5.02 Å². The van der Waals surface area contributed by atoms with Crippen molar-refractivity contribution < 1.29 is 23.5 Å². The van der Waals surface area contributed by atoms with Crippen molar-refractivity contribution in [2.75, 3.05) is 6.61 Å². The van der Waals surface area contributed by atoms with Crippen molar-refractivity contribution in [3.63, 3.8) is 0 Å². The standard InChI is InChI=1S/C15H13ClFN3O4/c1-2-24-15(23)14(22)20-19-12(21)5-8-3-9-6-10(16)7-18-13(9)11(17)4-8/h3-4,6-7H,2,5H2,1H3,(H,19,21)(H,20,22). The zero-order chi connectivity index (χ0) is 17.7. The molecule has 2 aromatic rings. The van der Waals surface area contributed by atoms with Crippen LogP contribution >= 0.6 is 11.6 Å². The number of hydrazine groups is 1. The molecule has 24 heavy (non-hydrogen) atoms. The molecule has 1 heterocycles. The van der Waals surface area contributed by atoms with Crippen molar-refractivity contribution in [3.05, 3.63) is 40.8 Å². The number of fused-ring (bicyclic) bond motifs is 1. The van der Waals surface area contributed by atoms with Crippen molar-refractivity contribution in [1.82, 2.24) is 15.8 Å². The fourth-order valence-corrected chi connectivity index (χ4v) is 2.11. The minimum Gasteiger partial charge on any atom is -0.459 e. The van der Waals surface area contributed by atoms with Gasteiger partial charge in [-0.25, -0.2) is 9.18 Å². The molecule has 1 aromatic carbocycles. The third kappa shape index (κ3) is 4.39. The van der Waals surface area contributed by atoms with Crippen molar-refractivity contribution in [1.29, 1.82) is 0 Å². The maximum absolute atomic E-state index is 14.0. The molecule has 0 saturated heterocycles. The monoisotopic (exact) mass is 353 g/mol. The number of hydrogen-bond donors (Lipinski definition) is 2. The van der Waals surface area contributed by atoms with Crippen LogP contribution in [0, 0.1) is 5.82 Å². The number of nitrogens with zero attached hydrogens (tertiary/aromatic N) is 1. The van der Waals surface area contributed by atoms with Gasteiger partial charge in [0, 0.05) is 11.6 Å². The van der Waals surface area contributed by atoms with Crippen LogP contribution < -0.4 is 10.9 Å². The highest BCUT2D eigenvalue weighted by molar-refractivity contribution is 6.32. The maximum atomic E-state index is 14.0. The smallest absolute Gasteiger partial charge is 0.398 e. The molecule has 0 atom stereocenters. The number of ether oxygens (including phenoxy) is 1. The van der Waals surface area contributed by atoms with E-state index in [1.165, 1.54) is 12.3 Å². The second kappa shape index (κ2) is 7.69. The number of amides is 2. The molecule has 0 aliphatic rings. The molecule has 0 radical (unpaired) electrons. The SMILES string of the molecule is CCOC(=O)C(=O)NNC(=O)Cc1cc(F)c2ncc(Cl)cc2c1. The van der Waals surface area contributed by atoms with Crippen LogP contribution in [0.3, 0.4) is 0 Å². The number of rotatable bonds is 3. The zero-order valence-corrected chi connectivity index (χ0v) is 13.3. The van der Waals surface area contributed by atoms with E-state index in [4.69, 9.17) is 11.6 Å². The van der Waals surface area contributed by atoms with Gasteiger partial charge in [-0.15, -0.1) is 0 Å². The summed E-state index contributed by atoms with van der Waals surface area (Å²) in [6.45, 7) is 1.58. The van der Waals surface area contributed by atoms with Gasteiger partial charge < -0.3 is 4.74 Å². The fraction of sp³-hybridized carbons (Fsp3) is 0.200. The Balaban J connectivity index is 2.03. The topological polar surface area (TPSA) is 97.4 Å². The summed E-state index contributed by atoms with van der Waals surface area (Å²) in [6.07, 6.45) is 1.10. The Morgan fingerprint density at radius 3 is 2.71 bits per heavy atom. The van der Waals surface area contributed by atoms with Gasteiger partial charge >= 0.3 is 11.9 Å². The van der Waals surface area contributed by atoms with E-state index < -0.39 is 23.6 Å². The van der Waals surface area contributed by atoms with Crippen LogP contribution in [0.25, 0.3) is 10.9 Å². The van der Waals surface area contributed by atoms with E-state index in [-0.39, 0.29) is 18.5 Å². The predicted octanol–water partition coefficient (Wildman–Crippen LogP) is 1.28. The molecule has 0 unspecified atom stereocenters. The first-order valence-electron chi connectivity index (χ1n) is 6.90. The Bertz CT molecular complexity index is 813. The van der Waals surface area contributed by atoms with Crippen LogP contribution in [0.1, 0.15) is 12.5 Å². The number of carbonyl (C=O) groups is 3. The predicted molar refractivity (Wildman–Crippen MR) is 83.3 cm³/mol. The second-order valence-corrected chi connectivity index (χ2v) is 5.14. The number of carbonyl (C=O) groups excluding carboxylic acids is 3. The van der Waals surface area contributed by atoms with E-state index in [0.717, 1.165) is 6.07 Å². The number of aromatic nitrogens is 1. The first-order valence-corrected chi connectivity index (χ1v) is 7.28. The zero-order valence-electron chi connectivity index (χ0n) is 12.6. The molecule has 1 aromatic heterocycles. The highest BCUT2D eigenvalue weighted by Crippen LogP contribution is 2.21. The molecule has 0 aliphatic heterocycles. The molecule has 2 N–H and O–H groups in total. The van der Waals surface area contributed by atoms with Crippen molar-refractivity contribution in [2.45, 2.75) is 13.3 Å². The summed E-state index contributed by atoms with van der Waals surface area (Å²) in [5, 5.41) is 0.783. The van der Waals surface area contributed by atoms with Gasteiger partial charge in [0.1, 0.15) is 11.3 Å². The fourth-order valence-electron chi connectivity index (χ4n) is 1.94. The lowest BCUT2D eigenvalue weighted by Gasteiger charge is -2.08. The molecule has 0 saturated carbocycles. The van der Waals surface area contributed by atoms with E-state index in [0.29, 0.717) is 16.0 Å². The van der Waals surface area contributed by atoms with E-state index in [1.807, 2.05) is 10.9 Å². The number of pyridine rings is 1. The summed E-state index contributed by atoms with van der Waals surface area (Å²) in [5.41, 5.74) is 4.45. The van der Waals surface area contributed by atoms with Crippen molar-refractivity contribution in [2.24, 2.45) is 0 Å². The second-order valence-electron chi connectivity index (χ2n) is 4.70. The summed E-state index contributed by atoms with van der Waals surface area (Å²) in [5.74, 6) is -3.45. The highest BCUT2D eigenvalue weighted by atomic mass is 35.5. The summed E-state index contributed by atoms with van der Waals surface area (Å²) in [4.78, 5) is 38.0. The normalized spacial score (nSPS) is 10.3. The molecule has 9 heteroatoms. The maximum Gasteiger partial charge on any atom is 0.398 e. The first-order chi connectivity index (χ1) is 11.4. The van der Waals surface area contributed by atoms with E-state index in [2.05, 4.69) is 9.72 Å². The molecular weight excluding hydrogens is 341 g/mol. The lowest BCUT2D eigenvalue weighted by Crippen LogP contribution is -2.46. The molecule has 0 bridgehead atoms. The first kappa shape index (κ1) is 17.6. The van der Waals surface area contributed by atoms with Crippen molar-refractivity contribution in [3.8, 4) is 0 Å². The van der Waals surface area contributed by atoms with Crippen LogP contribution in [-0.4, -0.2) is 29.4 Å². The minimum absolute atomic E-state index is 0.0349. The molecular formula is C15H13ClFN3O4. The summed E-state index contributed by atoms with van der Waals surface area (Å²) >= 11 is 5.81. The molecule has 0 fully saturated rings. The lowest BCUT2D eigenvalue weighted by atomic mass is 10.1. The number of hydrogen-bond acceptors (Lipinski definition) is 5. The molecule has 2 rings (SSSR count). The van der Waals surface area contributed by atoms with Crippen LogP contribution in [0.4, 0.5) is 4.39 Å². The minimum atomic E-state index is -1.12. The van der Waals surface area contributed by atoms with Gasteiger partial charge in [-0.3, -0.25) is 25.4 Å². The van der Waals surface area contributed by atoms with E-state index in [9.17, 15) is 18.8 Å². The average Bonchev–Trinajstić information content (AvgIpc) is 2.52. The van der Waals surface area contributed by atoms with E-state index >= 15 is 0 Å². The Labute approximate surface area is 141 Å². The van der Waals surface area contributed by atoms with Crippen LogP contribution in [0.5, 0.6) is 0 Å². The van der Waals surface area contributed by atoms with Crippen molar-refractivity contribution >= 4 is 40.3 Å². The van der Waals surface area contributed by atoms with E-state index in [1.54, 1.807) is 13.0 Å². The number of benzene rings is 1. The Kier molecular flexibility index (Phi) is 5.64. The molecule has 7 nitrogen and oxygen atoms in total. The molecule has 0 spiro atoms. The van der Waals surface area contributed by atoms with Gasteiger partial charge in [-0.1, -0.05) is 11.6 Å². The largest absolute Gasteiger partial charge is 0.459 e. The third-order valence-corrected chi connectivity index (χ3v) is 3.11. The summed E-state index contributed by atoms with van der Waals surface area (Å²) < 4.78 is 18.4. The Morgan fingerprint density at radius 1 is 1.25 bits per heavy atom. The van der Waals surface area contributed by atoms with Gasteiger partial charge in [0.2, 0.25) is 5.91 Å². The number of nitrogens with one attached hydrogen (secondary N) is 2. The lowest BCUT2D eigenvalue weighted by molar-refractivity contribution is -0.155. The molecule has 0 aliphatic carbocycles. The molecule has 126 valence electrons. The molecule has 2 amide bonds. The van der Waals surface area contributed by atoms with Crippen LogP contribution in [0.15, 0.2) is 24.4 Å². The highest BCUT2D eigenvalue weighted by Gasteiger charge is 2.15. The van der Waals surface area contributed by atoms with Crippen LogP contribution in [-0.2, 0) is 25.5 Å².